The average Bonchev–Trinajstić information content (AvgIpc) is 2.15. The number of hydrogen-bond acceptors (Lipinski definition) is 3. The van der Waals surface area contributed by atoms with Crippen LogP contribution in [0.25, 0.3) is 0 Å². The lowest BCUT2D eigenvalue weighted by molar-refractivity contribution is 0.458. The van der Waals surface area contributed by atoms with Gasteiger partial charge in [0, 0.05) is 16.2 Å². The second-order valence-corrected chi connectivity index (χ2v) is 4.37. The van der Waals surface area contributed by atoms with Gasteiger partial charge in [-0.25, -0.2) is 4.98 Å². The van der Waals surface area contributed by atoms with E-state index in [0.717, 1.165) is 15.9 Å². The third-order valence-electron chi connectivity index (χ3n) is 1.96. The number of hydrogen-bond donors (Lipinski definition) is 0. The molecule has 4 heteroatoms. The van der Waals surface area contributed by atoms with E-state index in [1.165, 1.54) is 0 Å². The van der Waals surface area contributed by atoms with Crippen molar-refractivity contribution < 1.29 is 4.74 Å². The van der Waals surface area contributed by atoms with E-state index in [1.807, 2.05) is 44.2 Å². The molecule has 0 atom stereocenters. The number of halogens is 1. The Balaban J connectivity index is 2.27. The highest BCUT2D eigenvalue weighted by Gasteiger charge is 2.01. The number of rotatable bonds is 2. The summed E-state index contributed by atoms with van der Waals surface area (Å²) >= 11 is 3.39. The maximum atomic E-state index is 5.64. The molecule has 0 aliphatic heterocycles. The van der Waals surface area contributed by atoms with Crippen LogP contribution >= 0.6 is 15.9 Å². The minimum Gasteiger partial charge on any atom is -0.439 e. The molecule has 0 saturated heterocycles. The Morgan fingerprint density at radius 2 is 1.94 bits per heavy atom. The van der Waals surface area contributed by atoms with Crippen LogP contribution in [0.15, 0.2) is 34.8 Å². The standard InChI is InChI=1S/C12H11BrN2O/c1-8-6-12(15-9(2)14-8)16-11-5-3-4-10(13)7-11/h3-7H,1-2H3. The molecule has 2 aromatic rings. The fourth-order valence-corrected chi connectivity index (χ4v) is 1.76. The molecule has 0 bridgehead atoms. The minimum absolute atomic E-state index is 0.572. The first-order chi connectivity index (χ1) is 7.63. The van der Waals surface area contributed by atoms with Crippen LogP contribution in [0.4, 0.5) is 0 Å². The Morgan fingerprint density at radius 3 is 2.62 bits per heavy atom. The van der Waals surface area contributed by atoms with Gasteiger partial charge in [-0.15, -0.1) is 0 Å². The van der Waals surface area contributed by atoms with Gasteiger partial charge in [0.05, 0.1) is 0 Å². The van der Waals surface area contributed by atoms with Crippen molar-refractivity contribution in [2.75, 3.05) is 0 Å². The molecule has 2 rings (SSSR count). The van der Waals surface area contributed by atoms with Crippen molar-refractivity contribution in [2.45, 2.75) is 13.8 Å². The van der Waals surface area contributed by atoms with Gasteiger partial charge in [-0.1, -0.05) is 22.0 Å². The van der Waals surface area contributed by atoms with Crippen LogP contribution < -0.4 is 4.74 Å². The molecule has 0 unspecified atom stereocenters. The minimum atomic E-state index is 0.572. The Hall–Kier alpha value is -1.42. The van der Waals surface area contributed by atoms with Gasteiger partial charge >= 0.3 is 0 Å². The van der Waals surface area contributed by atoms with Crippen LogP contribution in [0.3, 0.4) is 0 Å². The first-order valence-corrected chi connectivity index (χ1v) is 5.68. The molecule has 0 spiro atoms. The lowest BCUT2D eigenvalue weighted by atomic mass is 10.3. The van der Waals surface area contributed by atoms with Gasteiger partial charge in [-0.3, -0.25) is 0 Å². The summed E-state index contributed by atoms with van der Waals surface area (Å²) in [5.74, 6) is 2.04. The zero-order valence-electron chi connectivity index (χ0n) is 9.07. The SMILES string of the molecule is Cc1cc(Oc2cccc(Br)c2)nc(C)n1. The largest absolute Gasteiger partial charge is 0.439 e. The van der Waals surface area contributed by atoms with Crippen LogP contribution in [-0.2, 0) is 0 Å². The maximum absolute atomic E-state index is 5.64. The van der Waals surface area contributed by atoms with Crippen molar-refractivity contribution in [3.05, 3.63) is 46.3 Å². The first-order valence-electron chi connectivity index (χ1n) is 4.89. The highest BCUT2D eigenvalue weighted by molar-refractivity contribution is 9.10. The lowest BCUT2D eigenvalue weighted by Gasteiger charge is -2.06. The number of aromatic nitrogens is 2. The van der Waals surface area contributed by atoms with Crippen LogP contribution in [-0.4, -0.2) is 9.97 Å². The molecule has 0 saturated carbocycles. The van der Waals surface area contributed by atoms with Crippen molar-refractivity contribution in [3.63, 3.8) is 0 Å². The van der Waals surface area contributed by atoms with Crippen molar-refractivity contribution in [2.24, 2.45) is 0 Å². The molecule has 1 aromatic carbocycles. The Bertz CT molecular complexity index is 494. The number of ether oxygens (including phenoxy) is 1. The predicted octanol–water partition coefficient (Wildman–Crippen LogP) is 3.65. The predicted molar refractivity (Wildman–Crippen MR) is 65.7 cm³/mol. The molecular weight excluding hydrogens is 268 g/mol. The van der Waals surface area contributed by atoms with Crippen LogP contribution in [0.5, 0.6) is 11.6 Å². The summed E-state index contributed by atoms with van der Waals surface area (Å²) < 4.78 is 6.62. The molecule has 0 radical (unpaired) electrons. The fourth-order valence-electron chi connectivity index (χ4n) is 1.39. The van der Waals surface area contributed by atoms with Crippen molar-refractivity contribution in [3.8, 4) is 11.6 Å². The monoisotopic (exact) mass is 278 g/mol. The first kappa shape index (κ1) is 11.1. The molecular formula is C12H11BrN2O. The van der Waals surface area contributed by atoms with Crippen LogP contribution in [0, 0.1) is 13.8 Å². The summed E-state index contributed by atoms with van der Waals surface area (Å²) in [6.07, 6.45) is 0. The third-order valence-corrected chi connectivity index (χ3v) is 2.45. The normalized spacial score (nSPS) is 10.2. The second-order valence-electron chi connectivity index (χ2n) is 3.45. The van der Waals surface area contributed by atoms with E-state index < -0.39 is 0 Å². The van der Waals surface area contributed by atoms with Gasteiger partial charge in [0.2, 0.25) is 5.88 Å². The van der Waals surface area contributed by atoms with Gasteiger partial charge < -0.3 is 4.74 Å². The topological polar surface area (TPSA) is 35.0 Å². The van der Waals surface area contributed by atoms with Crippen LogP contribution in [0.2, 0.25) is 0 Å². The lowest BCUT2D eigenvalue weighted by Crippen LogP contribution is -1.94. The van der Waals surface area contributed by atoms with Crippen LogP contribution in [0.1, 0.15) is 11.5 Å². The molecule has 0 N–H and O–H groups in total. The fraction of sp³-hybridized carbons (Fsp3) is 0.167. The number of nitrogens with zero attached hydrogens (tertiary/aromatic N) is 2. The van der Waals surface area contributed by atoms with E-state index in [0.29, 0.717) is 11.7 Å². The summed E-state index contributed by atoms with van der Waals surface area (Å²) in [5.41, 5.74) is 0.900. The van der Waals surface area contributed by atoms with Crippen molar-refractivity contribution in [1.82, 2.24) is 9.97 Å². The average molecular weight is 279 g/mol. The second kappa shape index (κ2) is 4.61. The summed E-state index contributed by atoms with van der Waals surface area (Å²) in [5, 5.41) is 0. The van der Waals surface area contributed by atoms with E-state index in [9.17, 15) is 0 Å². The summed E-state index contributed by atoms with van der Waals surface area (Å²) in [6, 6.07) is 9.46. The van der Waals surface area contributed by atoms with E-state index in [2.05, 4.69) is 25.9 Å². The van der Waals surface area contributed by atoms with E-state index >= 15 is 0 Å². The highest BCUT2D eigenvalue weighted by atomic mass is 79.9. The van der Waals surface area contributed by atoms with E-state index in [1.54, 1.807) is 0 Å². The van der Waals surface area contributed by atoms with Gasteiger partial charge in [0.1, 0.15) is 11.6 Å². The molecule has 1 heterocycles. The van der Waals surface area contributed by atoms with E-state index in [-0.39, 0.29) is 0 Å². The smallest absolute Gasteiger partial charge is 0.222 e. The third kappa shape index (κ3) is 2.79. The van der Waals surface area contributed by atoms with Gasteiger partial charge in [-0.2, -0.15) is 4.98 Å². The molecule has 3 nitrogen and oxygen atoms in total. The quantitative estimate of drug-likeness (QED) is 0.841. The molecule has 1 aromatic heterocycles. The highest BCUT2D eigenvalue weighted by Crippen LogP contribution is 2.23. The van der Waals surface area contributed by atoms with Gasteiger partial charge in [-0.05, 0) is 32.0 Å². The summed E-state index contributed by atoms with van der Waals surface area (Å²) in [6.45, 7) is 3.77. The molecule has 0 aliphatic carbocycles. The number of aryl methyl sites for hydroxylation is 2. The molecule has 0 aliphatic rings. The maximum Gasteiger partial charge on any atom is 0.222 e. The summed E-state index contributed by atoms with van der Waals surface area (Å²) in [4.78, 5) is 8.40. The molecule has 16 heavy (non-hydrogen) atoms. The van der Waals surface area contributed by atoms with E-state index in [4.69, 9.17) is 4.74 Å². The van der Waals surface area contributed by atoms with Gasteiger partial charge in [0.15, 0.2) is 0 Å². The Labute approximate surface area is 103 Å². The zero-order valence-corrected chi connectivity index (χ0v) is 10.7. The van der Waals surface area contributed by atoms with Crippen molar-refractivity contribution >= 4 is 15.9 Å². The summed E-state index contributed by atoms with van der Waals surface area (Å²) in [7, 11) is 0. The Morgan fingerprint density at radius 1 is 1.12 bits per heavy atom. The van der Waals surface area contributed by atoms with Gasteiger partial charge in [0.25, 0.3) is 0 Å². The Kier molecular flexibility index (Phi) is 3.19. The molecule has 0 amide bonds. The molecule has 0 fully saturated rings. The molecule has 82 valence electrons. The number of benzene rings is 1. The van der Waals surface area contributed by atoms with Crippen molar-refractivity contribution in [1.29, 1.82) is 0 Å². The zero-order chi connectivity index (χ0) is 11.5.